The summed E-state index contributed by atoms with van der Waals surface area (Å²) >= 11 is 0. The van der Waals surface area contributed by atoms with Gasteiger partial charge in [-0.3, -0.25) is 9.59 Å². The van der Waals surface area contributed by atoms with Crippen LogP contribution < -0.4 is 4.74 Å². The topological polar surface area (TPSA) is 83.8 Å². The van der Waals surface area contributed by atoms with E-state index in [-0.39, 0.29) is 22.8 Å². The van der Waals surface area contributed by atoms with Crippen LogP contribution in [0.15, 0.2) is 12.1 Å². The van der Waals surface area contributed by atoms with Crippen molar-refractivity contribution in [1.29, 1.82) is 0 Å². The number of hydrogen-bond donors (Lipinski definition) is 2. The molecule has 0 aromatic heterocycles. The van der Waals surface area contributed by atoms with Crippen molar-refractivity contribution in [3.05, 3.63) is 17.7 Å². The maximum Gasteiger partial charge on any atom is 0.308 e. The first kappa shape index (κ1) is 11.0. The number of benzene rings is 1. The molecule has 15 heavy (non-hydrogen) atoms. The van der Waals surface area contributed by atoms with Crippen LogP contribution in [0.3, 0.4) is 0 Å². The van der Waals surface area contributed by atoms with Crippen molar-refractivity contribution in [2.24, 2.45) is 0 Å². The number of Topliss-reactive ketones (excluding diaryl/α,β-unsaturated/α-hetero) is 1. The lowest BCUT2D eigenvalue weighted by Gasteiger charge is -2.09. The smallest absolute Gasteiger partial charge is 0.308 e. The van der Waals surface area contributed by atoms with Crippen LogP contribution in [0.2, 0.25) is 0 Å². The van der Waals surface area contributed by atoms with E-state index >= 15 is 0 Å². The van der Waals surface area contributed by atoms with Crippen molar-refractivity contribution in [1.82, 2.24) is 0 Å². The Morgan fingerprint density at radius 3 is 2.13 bits per heavy atom. The predicted octanol–water partition coefficient (Wildman–Crippen LogP) is 1.23. The standard InChI is InChI=1S/C10H10O5/c1-5(11)9-7(13)3-4-8(14)10(9)15-6(2)12/h3-4,13-14H,1-2H3. The molecular weight excluding hydrogens is 200 g/mol. The highest BCUT2D eigenvalue weighted by Crippen LogP contribution is 2.36. The van der Waals surface area contributed by atoms with Gasteiger partial charge in [0.1, 0.15) is 11.3 Å². The molecule has 0 saturated carbocycles. The maximum absolute atomic E-state index is 11.2. The summed E-state index contributed by atoms with van der Waals surface area (Å²) in [5, 5.41) is 18.7. The molecule has 0 unspecified atom stereocenters. The average molecular weight is 210 g/mol. The van der Waals surface area contributed by atoms with Gasteiger partial charge in [-0.05, 0) is 19.1 Å². The van der Waals surface area contributed by atoms with Crippen LogP contribution in [0, 0.1) is 0 Å². The average Bonchev–Trinajstić information content (AvgIpc) is 2.10. The lowest BCUT2D eigenvalue weighted by molar-refractivity contribution is -0.132. The highest BCUT2D eigenvalue weighted by atomic mass is 16.5. The highest BCUT2D eigenvalue weighted by molar-refractivity contribution is 6.01. The van der Waals surface area contributed by atoms with E-state index in [0.29, 0.717) is 0 Å². The van der Waals surface area contributed by atoms with Crippen LogP contribution in [0.1, 0.15) is 24.2 Å². The summed E-state index contributed by atoms with van der Waals surface area (Å²) in [7, 11) is 0. The quantitative estimate of drug-likeness (QED) is 0.332. The van der Waals surface area contributed by atoms with E-state index in [4.69, 9.17) is 0 Å². The van der Waals surface area contributed by atoms with E-state index in [1.807, 2.05) is 0 Å². The van der Waals surface area contributed by atoms with Gasteiger partial charge in [0.2, 0.25) is 0 Å². The van der Waals surface area contributed by atoms with Crippen molar-refractivity contribution in [2.45, 2.75) is 13.8 Å². The van der Waals surface area contributed by atoms with E-state index in [9.17, 15) is 19.8 Å². The fourth-order valence-corrected chi connectivity index (χ4v) is 1.15. The van der Waals surface area contributed by atoms with E-state index in [0.717, 1.165) is 19.1 Å². The molecule has 1 rings (SSSR count). The summed E-state index contributed by atoms with van der Waals surface area (Å²) in [5.41, 5.74) is -0.204. The molecular formula is C10H10O5. The second kappa shape index (κ2) is 4.00. The largest absolute Gasteiger partial charge is 0.507 e. The van der Waals surface area contributed by atoms with Crippen LogP contribution >= 0.6 is 0 Å². The lowest BCUT2D eigenvalue weighted by atomic mass is 10.1. The molecule has 0 amide bonds. The first-order valence-corrected chi connectivity index (χ1v) is 4.17. The first-order valence-electron chi connectivity index (χ1n) is 4.17. The summed E-state index contributed by atoms with van der Waals surface area (Å²) < 4.78 is 4.65. The van der Waals surface area contributed by atoms with Crippen molar-refractivity contribution < 1.29 is 24.5 Å². The summed E-state index contributed by atoms with van der Waals surface area (Å²) in [6.07, 6.45) is 0. The number of aromatic hydroxyl groups is 2. The molecule has 0 spiro atoms. The van der Waals surface area contributed by atoms with Gasteiger partial charge in [-0.2, -0.15) is 0 Å². The molecule has 0 atom stereocenters. The number of ether oxygens (including phenoxy) is 1. The van der Waals surface area contributed by atoms with Crippen molar-refractivity contribution >= 4 is 11.8 Å². The van der Waals surface area contributed by atoms with Gasteiger partial charge >= 0.3 is 5.97 Å². The van der Waals surface area contributed by atoms with Crippen molar-refractivity contribution in [3.8, 4) is 17.2 Å². The molecule has 0 radical (unpaired) electrons. The second-order valence-corrected chi connectivity index (χ2v) is 2.96. The Morgan fingerprint density at radius 2 is 1.67 bits per heavy atom. The van der Waals surface area contributed by atoms with Gasteiger partial charge in [0.05, 0.1) is 0 Å². The molecule has 5 heteroatoms. The van der Waals surface area contributed by atoms with Crippen molar-refractivity contribution in [3.63, 3.8) is 0 Å². The monoisotopic (exact) mass is 210 g/mol. The van der Waals surface area contributed by atoms with E-state index in [2.05, 4.69) is 4.74 Å². The van der Waals surface area contributed by atoms with Crippen LogP contribution in [-0.4, -0.2) is 22.0 Å². The van der Waals surface area contributed by atoms with Crippen LogP contribution in [0.25, 0.3) is 0 Å². The summed E-state index contributed by atoms with van der Waals surface area (Å²) in [6.45, 7) is 2.33. The highest BCUT2D eigenvalue weighted by Gasteiger charge is 2.19. The molecule has 0 aliphatic carbocycles. The number of hydrogen-bond acceptors (Lipinski definition) is 5. The molecule has 0 heterocycles. The number of rotatable bonds is 2. The normalized spacial score (nSPS) is 9.73. The van der Waals surface area contributed by atoms with Gasteiger partial charge in [0.15, 0.2) is 17.3 Å². The van der Waals surface area contributed by atoms with E-state index < -0.39 is 11.8 Å². The van der Waals surface area contributed by atoms with Crippen LogP contribution in [-0.2, 0) is 4.79 Å². The molecule has 5 nitrogen and oxygen atoms in total. The number of ketones is 1. The minimum atomic E-state index is -0.682. The molecule has 80 valence electrons. The predicted molar refractivity (Wildman–Crippen MR) is 51.1 cm³/mol. The molecule has 0 aliphatic rings. The number of phenols is 2. The minimum Gasteiger partial charge on any atom is -0.507 e. The zero-order valence-corrected chi connectivity index (χ0v) is 8.27. The van der Waals surface area contributed by atoms with Crippen LogP contribution in [0.5, 0.6) is 17.2 Å². The van der Waals surface area contributed by atoms with Gasteiger partial charge in [0.25, 0.3) is 0 Å². The van der Waals surface area contributed by atoms with Gasteiger partial charge in [-0.25, -0.2) is 0 Å². The van der Waals surface area contributed by atoms with Crippen molar-refractivity contribution in [2.75, 3.05) is 0 Å². The summed E-state index contributed by atoms with van der Waals surface area (Å²) in [6, 6.07) is 2.29. The zero-order valence-electron chi connectivity index (χ0n) is 8.27. The number of phenolic OH excluding ortho intramolecular Hbond substituents is 2. The van der Waals surface area contributed by atoms with Gasteiger partial charge in [-0.15, -0.1) is 0 Å². The summed E-state index contributed by atoms with van der Waals surface area (Å²) in [5.74, 6) is -2.20. The van der Waals surface area contributed by atoms with E-state index in [1.165, 1.54) is 6.92 Å². The molecule has 0 bridgehead atoms. The zero-order chi connectivity index (χ0) is 11.6. The van der Waals surface area contributed by atoms with Crippen LogP contribution in [0.4, 0.5) is 0 Å². The number of esters is 1. The third kappa shape index (κ3) is 2.25. The van der Waals surface area contributed by atoms with Gasteiger partial charge in [0, 0.05) is 6.92 Å². The molecule has 1 aromatic rings. The molecule has 0 fully saturated rings. The second-order valence-electron chi connectivity index (χ2n) is 2.96. The Balaban J connectivity index is 3.38. The third-order valence-electron chi connectivity index (χ3n) is 1.71. The summed E-state index contributed by atoms with van der Waals surface area (Å²) in [4.78, 5) is 21.9. The Kier molecular flexibility index (Phi) is 2.94. The number of carbonyl (C=O) groups is 2. The lowest BCUT2D eigenvalue weighted by Crippen LogP contribution is -2.06. The Morgan fingerprint density at radius 1 is 1.13 bits per heavy atom. The fourth-order valence-electron chi connectivity index (χ4n) is 1.15. The molecule has 0 saturated heterocycles. The molecule has 2 N–H and O–H groups in total. The fraction of sp³-hybridized carbons (Fsp3) is 0.200. The maximum atomic E-state index is 11.2. The van der Waals surface area contributed by atoms with Gasteiger partial charge in [-0.1, -0.05) is 0 Å². The number of carbonyl (C=O) groups excluding carboxylic acids is 2. The van der Waals surface area contributed by atoms with E-state index in [1.54, 1.807) is 0 Å². The Bertz CT molecular complexity index is 422. The Hall–Kier alpha value is -2.04. The molecule has 1 aromatic carbocycles. The van der Waals surface area contributed by atoms with Gasteiger partial charge < -0.3 is 14.9 Å². The molecule has 0 aliphatic heterocycles. The Labute approximate surface area is 85.9 Å². The minimum absolute atomic E-state index is 0.204. The first-order chi connectivity index (χ1) is 6.93. The SMILES string of the molecule is CC(=O)Oc1c(O)ccc(O)c1C(C)=O. The third-order valence-corrected chi connectivity index (χ3v) is 1.71.